The van der Waals surface area contributed by atoms with Crippen LogP contribution < -0.4 is 10.1 Å². The molecule has 8 nitrogen and oxygen atoms in total. The Morgan fingerprint density at radius 2 is 2.09 bits per heavy atom. The lowest BCUT2D eigenvalue weighted by Gasteiger charge is -2.21. The standard InChI is InChI=1S/C23H23ClN6O2/c1-32-20-9-8-15(24)12-17(20)21-19(14-30(28-21)16-6-3-2-4-7-16)27-23(31)18-13-26-29-11-5-10-25-22(18)29/h5,8-14,16H,2-4,6-7H2,1H3,(H,27,31). The Kier molecular flexibility index (Phi) is 5.53. The molecule has 0 aliphatic heterocycles. The molecule has 0 atom stereocenters. The zero-order chi connectivity index (χ0) is 22.1. The summed E-state index contributed by atoms with van der Waals surface area (Å²) in [6.07, 6.45) is 12.5. The van der Waals surface area contributed by atoms with E-state index in [0.717, 1.165) is 18.4 Å². The first-order valence-corrected chi connectivity index (χ1v) is 11.0. The van der Waals surface area contributed by atoms with Gasteiger partial charge in [-0.15, -0.1) is 0 Å². The summed E-state index contributed by atoms with van der Waals surface area (Å²) < 4.78 is 9.10. The molecule has 1 N–H and O–H groups in total. The van der Waals surface area contributed by atoms with Crippen LogP contribution in [0.3, 0.4) is 0 Å². The molecule has 0 unspecified atom stereocenters. The second-order valence-corrected chi connectivity index (χ2v) is 8.34. The van der Waals surface area contributed by atoms with Gasteiger partial charge < -0.3 is 10.1 Å². The molecule has 1 saturated carbocycles. The van der Waals surface area contributed by atoms with Gasteiger partial charge in [-0.05, 0) is 37.1 Å². The fraction of sp³-hybridized carbons (Fsp3) is 0.304. The molecule has 164 valence electrons. The van der Waals surface area contributed by atoms with E-state index < -0.39 is 0 Å². The average molecular weight is 451 g/mol. The number of hydrogen-bond donors (Lipinski definition) is 1. The van der Waals surface area contributed by atoms with Crippen LogP contribution in [0.1, 0.15) is 48.5 Å². The first kappa shape index (κ1) is 20.5. The van der Waals surface area contributed by atoms with Crippen LogP contribution in [0.15, 0.2) is 49.1 Å². The summed E-state index contributed by atoms with van der Waals surface area (Å²) in [5, 5.41) is 12.7. The van der Waals surface area contributed by atoms with E-state index in [1.54, 1.807) is 48.3 Å². The van der Waals surface area contributed by atoms with E-state index in [4.69, 9.17) is 21.4 Å². The highest BCUT2D eigenvalue weighted by molar-refractivity contribution is 6.31. The molecule has 0 radical (unpaired) electrons. The molecule has 1 amide bonds. The minimum atomic E-state index is -0.302. The normalized spacial score (nSPS) is 14.6. The number of nitrogens with one attached hydrogen (secondary N) is 1. The predicted molar refractivity (Wildman–Crippen MR) is 122 cm³/mol. The topological polar surface area (TPSA) is 86.3 Å². The summed E-state index contributed by atoms with van der Waals surface area (Å²) >= 11 is 6.29. The van der Waals surface area contributed by atoms with Gasteiger partial charge in [0.2, 0.25) is 0 Å². The Morgan fingerprint density at radius 1 is 1.25 bits per heavy atom. The fourth-order valence-corrected chi connectivity index (χ4v) is 4.43. The average Bonchev–Trinajstić information content (AvgIpc) is 3.44. The van der Waals surface area contributed by atoms with Gasteiger partial charge in [-0.25, -0.2) is 9.50 Å². The Hall–Kier alpha value is -3.39. The Labute approximate surface area is 190 Å². The van der Waals surface area contributed by atoms with Crippen molar-refractivity contribution in [2.24, 2.45) is 0 Å². The van der Waals surface area contributed by atoms with Crippen molar-refractivity contribution in [3.05, 3.63) is 59.6 Å². The number of nitrogens with zero attached hydrogens (tertiary/aromatic N) is 5. The van der Waals surface area contributed by atoms with Crippen molar-refractivity contribution in [3.63, 3.8) is 0 Å². The number of carbonyl (C=O) groups excluding carboxylic acids is 1. The lowest BCUT2D eigenvalue weighted by molar-refractivity contribution is 0.102. The molecule has 0 spiro atoms. The summed E-state index contributed by atoms with van der Waals surface area (Å²) in [5.41, 5.74) is 2.82. The van der Waals surface area contributed by atoms with Crippen molar-refractivity contribution < 1.29 is 9.53 Å². The van der Waals surface area contributed by atoms with Crippen LogP contribution in [-0.4, -0.2) is 37.4 Å². The zero-order valence-electron chi connectivity index (χ0n) is 17.7. The van der Waals surface area contributed by atoms with Gasteiger partial charge in [0.1, 0.15) is 17.0 Å². The number of hydrogen-bond acceptors (Lipinski definition) is 5. The maximum atomic E-state index is 13.2. The van der Waals surface area contributed by atoms with Crippen LogP contribution in [-0.2, 0) is 0 Å². The number of ether oxygens (including phenoxy) is 1. The summed E-state index contributed by atoms with van der Waals surface area (Å²) in [6, 6.07) is 7.44. The van der Waals surface area contributed by atoms with Crippen LogP contribution in [0.5, 0.6) is 5.75 Å². The van der Waals surface area contributed by atoms with E-state index in [2.05, 4.69) is 15.4 Å². The van der Waals surface area contributed by atoms with Crippen molar-refractivity contribution >= 4 is 28.8 Å². The minimum Gasteiger partial charge on any atom is -0.496 e. The largest absolute Gasteiger partial charge is 0.496 e. The van der Waals surface area contributed by atoms with Crippen LogP contribution in [0.4, 0.5) is 5.69 Å². The molecule has 1 aromatic carbocycles. The second-order valence-electron chi connectivity index (χ2n) is 7.91. The summed E-state index contributed by atoms with van der Waals surface area (Å²) in [5.74, 6) is 0.334. The van der Waals surface area contributed by atoms with Crippen molar-refractivity contribution in [2.75, 3.05) is 12.4 Å². The zero-order valence-corrected chi connectivity index (χ0v) is 18.4. The van der Waals surface area contributed by atoms with E-state index in [1.807, 2.05) is 10.9 Å². The Balaban J connectivity index is 1.56. The highest BCUT2D eigenvalue weighted by Crippen LogP contribution is 2.38. The van der Waals surface area contributed by atoms with Crippen LogP contribution in [0.2, 0.25) is 5.02 Å². The fourth-order valence-electron chi connectivity index (χ4n) is 4.26. The number of fused-ring (bicyclic) bond motifs is 1. The van der Waals surface area contributed by atoms with Gasteiger partial charge >= 0.3 is 0 Å². The van der Waals surface area contributed by atoms with Gasteiger partial charge in [0.25, 0.3) is 5.91 Å². The van der Waals surface area contributed by atoms with E-state index >= 15 is 0 Å². The molecule has 0 saturated heterocycles. The molecule has 5 rings (SSSR count). The van der Waals surface area contributed by atoms with Crippen LogP contribution >= 0.6 is 11.6 Å². The molecule has 3 heterocycles. The van der Waals surface area contributed by atoms with Crippen molar-refractivity contribution in [1.82, 2.24) is 24.4 Å². The van der Waals surface area contributed by atoms with Gasteiger partial charge in [0.05, 0.1) is 25.0 Å². The number of halogens is 1. The number of amides is 1. The minimum absolute atomic E-state index is 0.302. The van der Waals surface area contributed by atoms with Crippen molar-refractivity contribution in [3.8, 4) is 17.0 Å². The van der Waals surface area contributed by atoms with Crippen molar-refractivity contribution in [1.29, 1.82) is 0 Å². The molecule has 32 heavy (non-hydrogen) atoms. The number of aromatic nitrogens is 5. The molecule has 0 bridgehead atoms. The first-order valence-electron chi connectivity index (χ1n) is 10.7. The lowest BCUT2D eigenvalue weighted by atomic mass is 9.96. The lowest BCUT2D eigenvalue weighted by Crippen LogP contribution is -2.13. The Bertz CT molecular complexity index is 1270. The van der Waals surface area contributed by atoms with Gasteiger partial charge in [-0.3, -0.25) is 9.48 Å². The second kappa shape index (κ2) is 8.63. The molecular weight excluding hydrogens is 428 g/mol. The monoisotopic (exact) mass is 450 g/mol. The predicted octanol–water partition coefficient (Wildman–Crippen LogP) is 5.01. The number of rotatable bonds is 5. The van der Waals surface area contributed by atoms with E-state index in [-0.39, 0.29) is 5.91 Å². The van der Waals surface area contributed by atoms with Gasteiger partial charge in [0, 0.05) is 29.2 Å². The summed E-state index contributed by atoms with van der Waals surface area (Å²) in [7, 11) is 1.60. The third-order valence-electron chi connectivity index (χ3n) is 5.87. The SMILES string of the molecule is COc1ccc(Cl)cc1-c1nn(C2CCCCC2)cc1NC(=O)c1cnn2cccnc12. The van der Waals surface area contributed by atoms with Crippen LogP contribution in [0, 0.1) is 0 Å². The quantitative estimate of drug-likeness (QED) is 0.461. The highest BCUT2D eigenvalue weighted by atomic mass is 35.5. The molecule has 1 aliphatic rings. The maximum Gasteiger partial charge on any atom is 0.261 e. The van der Waals surface area contributed by atoms with Gasteiger partial charge in [0.15, 0.2) is 5.65 Å². The van der Waals surface area contributed by atoms with Crippen molar-refractivity contribution in [2.45, 2.75) is 38.1 Å². The van der Waals surface area contributed by atoms with E-state index in [0.29, 0.717) is 39.4 Å². The number of benzene rings is 1. The van der Waals surface area contributed by atoms with Gasteiger partial charge in [-0.2, -0.15) is 10.2 Å². The smallest absolute Gasteiger partial charge is 0.261 e. The summed E-state index contributed by atoms with van der Waals surface area (Å²) in [6.45, 7) is 0. The highest BCUT2D eigenvalue weighted by Gasteiger charge is 2.24. The van der Waals surface area contributed by atoms with E-state index in [9.17, 15) is 4.79 Å². The van der Waals surface area contributed by atoms with E-state index in [1.165, 1.54) is 25.5 Å². The molecule has 1 aliphatic carbocycles. The number of anilines is 1. The number of carbonyl (C=O) groups is 1. The summed E-state index contributed by atoms with van der Waals surface area (Å²) in [4.78, 5) is 17.5. The van der Waals surface area contributed by atoms with Crippen LogP contribution in [0.25, 0.3) is 16.9 Å². The molecule has 4 aromatic rings. The molecule has 3 aromatic heterocycles. The molecular formula is C23H23ClN6O2. The third kappa shape index (κ3) is 3.82. The Morgan fingerprint density at radius 3 is 2.91 bits per heavy atom. The third-order valence-corrected chi connectivity index (χ3v) is 6.10. The molecule has 1 fully saturated rings. The number of methoxy groups -OCH3 is 1. The maximum absolute atomic E-state index is 13.2. The molecule has 9 heteroatoms. The first-order chi connectivity index (χ1) is 15.6. The van der Waals surface area contributed by atoms with Gasteiger partial charge in [-0.1, -0.05) is 30.9 Å².